The van der Waals surface area contributed by atoms with Crippen LogP contribution in [0.5, 0.6) is 0 Å². The fraction of sp³-hybridized carbons (Fsp3) is 0.143. The van der Waals surface area contributed by atoms with Gasteiger partial charge in [0, 0.05) is 11.8 Å². The van der Waals surface area contributed by atoms with Crippen molar-refractivity contribution in [2.75, 3.05) is 0 Å². The van der Waals surface area contributed by atoms with Gasteiger partial charge in [0.05, 0.1) is 10.0 Å². The fourth-order valence-electron chi connectivity index (χ4n) is 0.843. The van der Waals surface area contributed by atoms with Crippen LogP contribution in [0.4, 0.5) is 13.2 Å². The van der Waals surface area contributed by atoms with Crippen LogP contribution in [0, 0.1) is 5.95 Å². The molecule has 76 valence electrons. The number of carbonyl (C=O) groups is 1. The summed E-state index contributed by atoms with van der Waals surface area (Å²) < 4.78 is 36.9. The van der Waals surface area contributed by atoms with E-state index in [1.165, 1.54) is 0 Å². The average molecular weight is 288 g/mol. The van der Waals surface area contributed by atoms with Crippen LogP contribution in [0.1, 0.15) is 22.3 Å². The van der Waals surface area contributed by atoms with Crippen molar-refractivity contribution < 1.29 is 18.0 Å². The van der Waals surface area contributed by atoms with Crippen LogP contribution >= 0.6 is 27.5 Å². The van der Waals surface area contributed by atoms with Crippen LogP contribution in [-0.2, 0) is 0 Å². The van der Waals surface area contributed by atoms with E-state index in [4.69, 9.17) is 11.6 Å². The van der Waals surface area contributed by atoms with E-state index in [1.807, 2.05) is 0 Å². The molecule has 0 bridgehead atoms. The Bertz CT molecular complexity index is 385. The van der Waals surface area contributed by atoms with Gasteiger partial charge in [0.2, 0.25) is 5.95 Å². The smallest absolute Gasteiger partial charge is 0.266 e. The van der Waals surface area contributed by atoms with Gasteiger partial charge in [-0.15, -0.1) is 0 Å². The fourth-order valence-corrected chi connectivity index (χ4v) is 1.67. The van der Waals surface area contributed by atoms with Gasteiger partial charge in [-0.25, -0.2) is 13.8 Å². The maximum Gasteiger partial charge on any atom is 0.266 e. The molecule has 1 rings (SSSR count). The third-order valence-electron chi connectivity index (χ3n) is 1.44. The standard InChI is InChI=1S/C7H2BrClF3NO/c8-4-3(5(9)14)2(6(10)11)1-13-7(4)12/h1,6H. The van der Waals surface area contributed by atoms with Crippen LogP contribution < -0.4 is 0 Å². The highest BCUT2D eigenvalue weighted by molar-refractivity contribution is 9.10. The molecule has 7 heteroatoms. The Kier molecular flexibility index (Phi) is 3.49. The van der Waals surface area contributed by atoms with Crippen molar-refractivity contribution >= 4 is 32.8 Å². The molecule has 0 N–H and O–H groups in total. The summed E-state index contributed by atoms with van der Waals surface area (Å²) >= 11 is 7.66. The quantitative estimate of drug-likeness (QED) is 0.617. The Hall–Kier alpha value is -0.620. The van der Waals surface area contributed by atoms with E-state index >= 15 is 0 Å². The van der Waals surface area contributed by atoms with E-state index in [2.05, 4.69) is 20.9 Å². The first-order valence-electron chi connectivity index (χ1n) is 3.27. The van der Waals surface area contributed by atoms with Gasteiger partial charge in [0.25, 0.3) is 11.7 Å². The minimum absolute atomic E-state index is 0.449. The summed E-state index contributed by atoms with van der Waals surface area (Å²) in [5.74, 6) is -1.06. The van der Waals surface area contributed by atoms with E-state index in [1.54, 1.807) is 0 Å². The van der Waals surface area contributed by atoms with Crippen molar-refractivity contribution in [1.82, 2.24) is 4.98 Å². The van der Waals surface area contributed by atoms with E-state index in [-0.39, 0.29) is 0 Å². The number of carbonyl (C=O) groups excluding carboxylic acids is 1. The topological polar surface area (TPSA) is 30.0 Å². The zero-order valence-corrected chi connectivity index (χ0v) is 8.74. The lowest BCUT2D eigenvalue weighted by atomic mass is 10.1. The Labute approximate surface area is 90.2 Å². The van der Waals surface area contributed by atoms with Gasteiger partial charge in [-0.1, -0.05) is 0 Å². The first kappa shape index (κ1) is 11.5. The van der Waals surface area contributed by atoms with Crippen molar-refractivity contribution in [3.63, 3.8) is 0 Å². The largest absolute Gasteiger partial charge is 0.276 e. The molecule has 0 fully saturated rings. The number of nitrogens with zero attached hydrogens (tertiary/aromatic N) is 1. The molecule has 0 unspecified atom stereocenters. The summed E-state index contributed by atoms with van der Waals surface area (Å²) in [7, 11) is 0. The van der Waals surface area contributed by atoms with Crippen molar-refractivity contribution in [3.05, 3.63) is 27.7 Å². The third-order valence-corrected chi connectivity index (χ3v) is 2.35. The second kappa shape index (κ2) is 4.27. The highest BCUT2D eigenvalue weighted by Crippen LogP contribution is 2.30. The molecule has 0 aliphatic rings. The van der Waals surface area contributed by atoms with Crippen molar-refractivity contribution in [2.45, 2.75) is 6.43 Å². The number of hydrogen-bond acceptors (Lipinski definition) is 2. The van der Waals surface area contributed by atoms with E-state index in [9.17, 15) is 18.0 Å². The Morgan fingerprint density at radius 2 is 2.14 bits per heavy atom. The molecule has 1 aromatic rings. The molecule has 1 heterocycles. The Morgan fingerprint density at radius 3 is 2.57 bits per heavy atom. The Morgan fingerprint density at radius 1 is 1.57 bits per heavy atom. The van der Waals surface area contributed by atoms with Gasteiger partial charge in [0.15, 0.2) is 0 Å². The zero-order valence-electron chi connectivity index (χ0n) is 6.40. The van der Waals surface area contributed by atoms with E-state index in [0.717, 1.165) is 0 Å². The number of rotatable bonds is 2. The lowest BCUT2D eigenvalue weighted by Crippen LogP contribution is -2.03. The molecule has 0 radical (unpaired) electrons. The van der Waals surface area contributed by atoms with E-state index in [0.29, 0.717) is 6.20 Å². The number of hydrogen-bond donors (Lipinski definition) is 0. The summed E-state index contributed by atoms with van der Waals surface area (Å²) in [4.78, 5) is 13.8. The summed E-state index contributed by atoms with van der Waals surface area (Å²) in [6.45, 7) is 0. The minimum Gasteiger partial charge on any atom is -0.276 e. The highest BCUT2D eigenvalue weighted by Gasteiger charge is 2.23. The van der Waals surface area contributed by atoms with Gasteiger partial charge < -0.3 is 0 Å². The number of pyridine rings is 1. The zero-order chi connectivity index (χ0) is 10.9. The first-order chi connectivity index (χ1) is 6.45. The summed E-state index contributed by atoms with van der Waals surface area (Å²) in [6, 6.07) is 0. The van der Waals surface area contributed by atoms with Crippen LogP contribution in [0.3, 0.4) is 0 Å². The average Bonchev–Trinajstić information content (AvgIpc) is 2.08. The van der Waals surface area contributed by atoms with Crippen LogP contribution in [0.15, 0.2) is 10.7 Å². The summed E-state index contributed by atoms with van der Waals surface area (Å²) in [5, 5.41) is -1.16. The molecule has 0 amide bonds. The van der Waals surface area contributed by atoms with Crippen molar-refractivity contribution in [3.8, 4) is 0 Å². The van der Waals surface area contributed by atoms with Gasteiger partial charge >= 0.3 is 0 Å². The summed E-state index contributed by atoms with van der Waals surface area (Å²) in [6.07, 6.45) is -2.35. The molecule has 2 nitrogen and oxygen atoms in total. The molecule has 1 aromatic heterocycles. The molecule has 0 aromatic carbocycles. The molecule has 0 saturated heterocycles. The lowest BCUT2D eigenvalue weighted by molar-refractivity contribution is 0.106. The first-order valence-corrected chi connectivity index (χ1v) is 4.44. The molecule has 0 saturated carbocycles. The second-order valence-electron chi connectivity index (χ2n) is 2.27. The normalized spacial score (nSPS) is 10.7. The number of alkyl halides is 2. The SMILES string of the molecule is O=C(Cl)c1c(C(F)F)cnc(F)c1Br. The number of halogens is 5. The van der Waals surface area contributed by atoms with Gasteiger partial charge in [-0.05, 0) is 27.5 Å². The molecular formula is C7H2BrClF3NO. The van der Waals surface area contributed by atoms with E-state index < -0.39 is 33.2 Å². The maximum atomic E-state index is 12.8. The third kappa shape index (κ3) is 2.06. The second-order valence-corrected chi connectivity index (χ2v) is 3.40. The molecular weight excluding hydrogens is 286 g/mol. The molecule has 0 aliphatic heterocycles. The van der Waals surface area contributed by atoms with Crippen LogP contribution in [0.25, 0.3) is 0 Å². The van der Waals surface area contributed by atoms with Gasteiger partial charge in [0.1, 0.15) is 0 Å². The van der Waals surface area contributed by atoms with Crippen LogP contribution in [-0.4, -0.2) is 10.2 Å². The molecule has 0 atom stereocenters. The predicted octanol–water partition coefficient (Wildman–Crippen LogP) is 3.30. The lowest BCUT2D eigenvalue weighted by Gasteiger charge is -2.06. The molecule has 14 heavy (non-hydrogen) atoms. The van der Waals surface area contributed by atoms with Crippen molar-refractivity contribution in [2.24, 2.45) is 0 Å². The van der Waals surface area contributed by atoms with Gasteiger partial charge in [-0.2, -0.15) is 4.39 Å². The number of aromatic nitrogens is 1. The summed E-state index contributed by atoms with van der Waals surface area (Å²) in [5.41, 5.74) is -1.28. The Balaban J connectivity index is 3.45. The van der Waals surface area contributed by atoms with Crippen LogP contribution in [0.2, 0.25) is 0 Å². The van der Waals surface area contributed by atoms with Crippen molar-refractivity contribution in [1.29, 1.82) is 0 Å². The maximum absolute atomic E-state index is 12.8. The molecule has 0 spiro atoms. The minimum atomic E-state index is -2.93. The predicted molar refractivity (Wildman–Crippen MR) is 47.0 cm³/mol. The highest BCUT2D eigenvalue weighted by atomic mass is 79.9. The monoisotopic (exact) mass is 287 g/mol. The molecule has 0 aliphatic carbocycles. The van der Waals surface area contributed by atoms with Gasteiger partial charge in [-0.3, -0.25) is 4.79 Å².